The number of hydrogen-bond donors (Lipinski definition) is 1. The first-order valence-corrected chi connectivity index (χ1v) is 10.1. The van der Waals surface area contributed by atoms with Gasteiger partial charge in [-0.05, 0) is 31.5 Å². The van der Waals surface area contributed by atoms with Crippen molar-refractivity contribution in [2.45, 2.75) is 33.2 Å². The molecule has 3 heterocycles. The Balaban J connectivity index is 1.78. The van der Waals surface area contributed by atoms with Crippen molar-refractivity contribution in [1.82, 2.24) is 29.6 Å². The molecule has 0 atom stereocenters. The predicted molar refractivity (Wildman–Crippen MR) is 115 cm³/mol. The molecule has 0 aliphatic heterocycles. The highest BCUT2D eigenvalue weighted by atomic mass is 19.3. The number of nitriles is 1. The van der Waals surface area contributed by atoms with Gasteiger partial charge in [0.15, 0.2) is 5.82 Å². The third kappa shape index (κ3) is 4.39. The second-order valence-electron chi connectivity index (χ2n) is 8.13. The van der Waals surface area contributed by atoms with Crippen molar-refractivity contribution in [2.75, 3.05) is 19.0 Å². The average Bonchev–Trinajstić information content (AvgIpc) is 3.35. The number of halogens is 3. The van der Waals surface area contributed by atoms with Gasteiger partial charge in [-0.25, -0.2) is 22.4 Å². The zero-order chi connectivity index (χ0) is 23.8. The van der Waals surface area contributed by atoms with Crippen LogP contribution < -0.4 is 10.1 Å². The van der Waals surface area contributed by atoms with Crippen LogP contribution in [0.15, 0.2) is 24.4 Å². The molecule has 0 spiro atoms. The van der Waals surface area contributed by atoms with Crippen LogP contribution in [0.2, 0.25) is 0 Å². The average molecular weight is 458 g/mol. The summed E-state index contributed by atoms with van der Waals surface area (Å²) in [5, 5.41) is 24.4. The van der Waals surface area contributed by atoms with E-state index in [1.165, 1.54) is 22.5 Å². The van der Waals surface area contributed by atoms with E-state index in [0.29, 0.717) is 22.1 Å². The van der Waals surface area contributed by atoms with Gasteiger partial charge >= 0.3 is 0 Å². The number of hydrogen-bond acceptors (Lipinski definition) is 7. The molecule has 1 N–H and O–H groups in total. The van der Waals surface area contributed by atoms with Gasteiger partial charge in [0.25, 0.3) is 0 Å². The van der Waals surface area contributed by atoms with Gasteiger partial charge in [-0.2, -0.15) is 10.2 Å². The molecule has 0 aliphatic rings. The first-order chi connectivity index (χ1) is 15.7. The maximum absolute atomic E-state index is 15.1. The number of ether oxygens (including phenoxy) is 1. The minimum atomic E-state index is -2.47. The molecule has 0 radical (unpaired) electrons. The highest BCUT2D eigenvalue weighted by molar-refractivity contribution is 5.89. The monoisotopic (exact) mass is 458 g/mol. The van der Waals surface area contributed by atoms with Crippen molar-refractivity contribution in [3.63, 3.8) is 0 Å². The van der Waals surface area contributed by atoms with Crippen LogP contribution >= 0.6 is 0 Å². The van der Waals surface area contributed by atoms with Gasteiger partial charge in [0.05, 0.1) is 35.9 Å². The molecule has 172 valence electrons. The highest BCUT2D eigenvalue weighted by Crippen LogP contribution is 2.35. The molecular formula is C21H21F3N8O. The van der Waals surface area contributed by atoms with Crippen molar-refractivity contribution < 1.29 is 17.9 Å². The van der Waals surface area contributed by atoms with Crippen LogP contribution in [-0.2, 0) is 6.54 Å². The standard InChI is InChI=1S/C21H21F3N8O/c1-21(2,10-25)11-26-20-27-19(33-3)18-17(13(22)9-32(18)29-20)12-4-5-14-15(8-12)31(30-28-14)7-6-16(23)24/h4-5,8-9,16H,6-7,11H2,1-3H3,(H,26,29). The summed E-state index contributed by atoms with van der Waals surface area (Å²) >= 11 is 0. The molecule has 3 aromatic heterocycles. The van der Waals surface area contributed by atoms with E-state index in [0.717, 1.165) is 0 Å². The van der Waals surface area contributed by atoms with Gasteiger partial charge in [-0.15, -0.1) is 10.2 Å². The molecule has 33 heavy (non-hydrogen) atoms. The third-order valence-electron chi connectivity index (χ3n) is 5.10. The smallest absolute Gasteiger partial charge is 0.244 e. The number of benzene rings is 1. The summed E-state index contributed by atoms with van der Waals surface area (Å²) in [6.45, 7) is 3.79. The second-order valence-corrected chi connectivity index (χ2v) is 8.13. The van der Waals surface area contributed by atoms with E-state index in [2.05, 4.69) is 31.8 Å². The lowest BCUT2D eigenvalue weighted by Crippen LogP contribution is -2.22. The third-order valence-corrected chi connectivity index (χ3v) is 5.10. The molecule has 9 nitrogen and oxygen atoms in total. The Bertz CT molecular complexity index is 1360. The van der Waals surface area contributed by atoms with Gasteiger partial charge in [0.2, 0.25) is 18.3 Å². The Morgan fingerprint density at radius 1 is 1.30 bits per heavy atom. The van der Waals surface area contributed by atoms with Crippen LogP contribution in [0.5, 0.6) is 5.88 Å². The Morgan fingerprint density at radius 2 is 2.09 bits per heavy atom. The maximum Gasteiger partial charge on any atom is 0.244 e. The maximum atomic E-state index is 15.1. The zero-order valence-corrected chi connectivity index (χ0v) is 18.2. The molecule has 1 aromatic carbocycles. The SMILES string of the molecule is COc1nc(NCC(C)(C)C#N)nn2cc(F)c(-c3ccc4nnn(CCC(F)F)c4c3)c12. The minimum absolute atomic E-state index is 0.0167. The first-order valence-electron chi connectivity index (χ1n) is 10.1. The van der Waals surface area contributed by atoms with E-state index in [4.69, 9.17) is 4.74 Å². The van der Waals surface area contributed by atoms with Crippen LogP contribution in [0, 0.1) is 22.6 Å². The predicted octanol–water partition coefficient (Wildman–Crippen LogP) is 3.91. The molecule has 0 saturated heterocycles. The Labute approximate surface area is 186 Å². The number of rotatable bonds is 8. The Kier molecular flexibility index (Phi) is 5.80. The fourth-order valence-corrected chi connectivity index (χ4v) is 3.36. The van der Waals surface area contributed by atoms with E-state index >= 15 is 4.39 Å². The summed E-state index contributed by atoms with van der Waals surface area (Å²) in [6.07, 6.45) is -1.64. The normalized spacial score (nSPS) is 11.9. The Hall–Kier alpha value is -3.88. The van der Waals surface area contributed by atoms with Crippen LogP contribution in [0.25, 0.3) is 27.7 Å². The number of nitrogens with one attached hydrogen (secondary N) is 1. The number of anilines is 1. The summed E-state index contributed by atoms with van der Waals surface area (Å²) in [4.78, 5) is 4.32. The quantitative estimate of drug-likeness (QED) is 0.427. The van der Waals surface area contributed by atoms with Crippen molar-refractivity contribution in [3.8, 4) is 23.1 Å². The molecule has 0 saturated carbocycles. The lowest BCUT2D eigenvalue weighted by atomic mass is 9.96. The van der Waals surface area contributed by atoms with E-state index in [9.17, 15) is 14.0 Å². The molecule has 0 amide bonds. The lowest BCUT2D eigenvalue weighted by molar-refractivity contribution is 0.130. The van der Waals surface area contributed by atoms with Gasteiger partial charge in [-0.1, -0.05) is 11.3 Å². The fraction of sp³-hybridized carbons (Fsp3) is 0.381. The van der Waals surface area contributed by atoms with Crippen molar-refractivity contribution in [1.29, 1.82) is 5.26 Å². The van der Waals surface area contributed by atoms with Gasteiger partial charge in [0, 0.05) is 19.5 Å². The van der Waals surface area contributed by atoms with Gasteiger partial charge < -0.3 is 10.1 Å². The number of fused-ring (bicyclic) bond motifs is 2. The largest absolute Gasteiger partial charge is 0.479 e. The number of alkyl halides is 2. The van der Waals surface area contributed by atoms with E-state index in [1.807, 2.05) is 0 Å². The molecule has 4 rings (SSSR count). The fourth-order valence-electron chi connectivity index (χ4n) is 3.36. The van der Waals surface area contributed by atoms with Crippen LogP contribution in [0.4, 0.5) is 19.1 Å². The summed E-state index contributed by atoms with van der Waals surface area (Å²) in [5.74, 6) is -0.261. The number of methoxy groups -OCH3 is 1. The second kappa shape index (κ2) is 8.57. The van der Waals surface area contributed by atoms with Gasteiger partial charge in [0.1, 0.15) is 11.0 Å². The summed E-state index contributed by atoms with van der Waals surface area (Å²) in [5.41, 5.74) is 1.31. The van der Waals surface area contributed by atoms with Crippen molar-refractivity contribution >= 4 is 22.5 Å². The van der Waals surface area contributed by atoms with E-state index in [-0.39, 0.29) is 36.9 Å². The highest BCUT2D eigenvalue weighted by Gasteiger charge is 2.22. The summed E-state index contributed by atoms with van der Waals surface area (Å²) in [6, 6.07) is 7.12. The van der Waals surface area contributed by atoms with Crippen LogP contribution in [-0.4, -0.2) is 49.7 Å². The van der Waals surface area contributed by atoms with E-state index in [1.54, 1.807) is 32.0 Å². The molecule has 4 aromatic rings. The number of aromatic nitrogens is 6. The molecular weight excluding hydrogens is 437 g/mol. The molecule has 0 fully saturated rings. The minimum Gasteiger partial charge on any atom is -0.479 e. The molecule has 0 bridgehead atoms. The van der Waals surface area contributed by atoms with Crippen LogP contribution in [0.1, 0.15) is 20.3 Å². The van der Waals surface area contributed by atoms with E-state index < -0.39 is 17.7 Å². The van der Waals surface area contributed by atoms with Gasteiger partial charge in [-0.3, -0.25) is 0 Å². The van der Waals surface area contributed by atoms with Crippen molar-refractivity contribution in [3.05, 3.63) is 30.2 Å². The summed E-state index contributed by atoms with van der Waals surface area (Å²) in [7, 11) is 1.41. The van der Waals surface area contributed by atoms with Crippen LogP contribution in [0.3, 0.4) is 0 Å². The zero-order valence-electron chi connectivity index (χ0n) is 18.2. The Morgan fingerprint density at radius 3 is 2.79 bits per heavy atom. The molecule has 12 heteroatoms. The van der Waals surface area contributed by atoms with Crippen molar-refractivity contribution in [2.24, 2.45) is 5.41 Å². The lowest BCUT2D eigenvalue weighted by Gasteiger charge is -2.16. The number of nitrogens with zero attached hydrogens (tertiary/aromatic N) is 7. The first kappa shape index (κ1) is 22.3. The number of aryl methyl sites for hydroxylation is 1. The topological polar surface area (TPSA) is 106 Å². The molecule has 0 unspecified atom stereocenters. The molecule has 0 aliphatic carbocycles. The summed E-state index contributed by atoms with van der Waals surface area (Å²) < 4.78 is 48.5.